The van der Waals surface area contributed by atoms with Gasteiger partial charge in [0.1, 0.15) is 5.56 Å². The van der Waals surface area contributed by atoms with E-state index in [4.69, 9.17) is 0 Å². The third-order valence-electron chi connectivity index (χ3n) is 3.06. The van der Waals surface area contributed by atoms with E-state index in [1.165, 1.54) is 11.8 Å². The maximum Gasteiger partial charge on any atom is 0.339 e. The zero-order valence-electron chi connectivity index (χ0n) is 11.6. The Labute approximate surface area is 118 Å². The van der Waals surface area contributed by atoms with Crippen molar-refractivity contribution in [3.05, 3.63) is 59.4 Å². The van der Waals surface area contributed by atoms with Crippen LogP contribution in [0.2, 0.25) is 0 Å². The van der Waals surface area contributed by atoms with Crippen LogP contribution in [0.4, 0.5) is 5.69 Å². The molecule has 0 amide bonds. The Morgan fingerprint density at radius 2 is 2.05 bits per heavy atom. The number of nitrogens with zero attached hydrogens (tertiary/aromatic N) is 1. The molecular formula is C16H18N2O2. The number of carboxylic acid groups (broad SMARTS) is 1. The molecule has 1 aromatic carbocycles. The van der Waals surface area contributed by atoms with Gasteiger partial charge in [-0.15, -0.1) is 0 Å². The van der Waals surface area contributed by atoms with Gasteiger partial charge in [-0.25, -0.2) is 4.79 Å². The van der Waals surface area contributed by atoms with Gasteiger partial charge in [0, 0.05) is 17.9 Å². The summed E-state index contributed by atoms with van der Waals surface area (Å²) in [5.41, 5.74) is 2.84. The predicted molar refractivity (Wildman–Crippen MR) is 79.2 cm³/mol. The highest BCUT2D eigenvalue weighted by Gasteiger charge is 2.13. The maximum absolute atomic E-state index is 11.2. The SMILES string of the molecule is Cc1cc(NC(C)Cc2ccccc2)c(C(=O)O)cn1. The summed E-state index contributed by atoms with van der Waals surface area (Å²) in [4.78, 5) is 15.2. The number of anilines is 1. The minimum absolute atomic E-state index is 0.136. The molecule has 1 atom stereocenters. The number of hydrogen-bond donors (Lipinski definition) is 2. The lowest BCUT2D eigenvalue weighted by Crippen LogP contribution is -2.20. The lowest BCUT2D eigenvalue weighted by Gasteiger charge is -2.17. The molecule has 4 nitrogen and oxygen atoms in total. The molecule has 2 rings (SSSR count). The Morgan fingerprint density at radius 3 is 2.70 bits per heavy atom. The van der Waals surface area contributed by atoms with Crippen LogP contribution in [0.3, 0.4) is 0 Å². The van der Waals surface area contributed by atoms with Crippen LogP contribution in [0.25, 0.3) is 0 Å². The second-order valence-corrected chi connectivity index (χ2v) is 4.91. The van der Waals surface area contributed by atoms with E-state index in [2.05, 4.69) is 22.4 Å². The predicted octanol–water partition coefficient (Wildman–Crippen LogP) is 3.13. The van der Waals surface area contributed by atoms with E-state index in [9.17, 15) is 9.90 Å². The summed E-state index contributed by atoms with van der Waals surface area (Å²) >= 11 is 0. The summed E-state index contributed by atoms with van der Waals surface area (Å²) in [6, 6.07) is 12.0. The average molecular weight is 270 g/mol. The van der Waals surface area contributed by atoms with E-state index < -0.39 is 5.97 Å². The Bertz CT molecular complexity index is 597. The van der Waals surface area contributed by atoms with Gasteiger partial charge in [0.25, 0.3) is 0 Å². The Hall–Kier alpha value is -2.36. The molecule has 0 fully saturated rings. The van der Waals surface area contributed by atoms with Gasteiger partial charge in [0.15, 0.2) is 0 Å². The first-order valence-electron chi connectivity index (χ1n) is 6.56. The third kappa shape index (κ3) is 3.57. The minimum atomic E-state index is -0.966. The van der Waals surface area contributed by atoms with Crippen molar-refractivity contribution in [2.24, 2.45) is 0 Å². The summed E-state index contributed by atoms with van der Waals surface area (Å²) < 4.78 is 0. The number of aryl methyl sites for hydroxylation is 1. The van der Waals surface area contributed by atoms with Crippen molar-refractivity contribution in [1.82, 2.24) is 4.98 Å². The van der Waals surface area contributed by atoms with Crippen LogP contribution in [0.5, 0.6) is 0 Å². The lowest BCUT2D eigenvalue weighted by atomic mass is 10.1. The molecule has 0 radical (unpaired) electrons. The van der Waals surface area contributed by atoms with Crippen molar-refractivity contribution in [3.63, 3.8) is 0 Å². The van der Waals surface area contributed by atoms with E-state index in [1.807, 2.05) is 32.0 Å². The van der Waals surface area contributed by atoms with Crippen LogP contribution in [0.15, 0.2) is 42.6 Å². The average Bonchev–Trinajstić information content (AvgIpc) is 2.39. The van der Waals surface area contributed by atoms with Crippen LogP contribution >= 0.6 is 0 Å². The number of aromatic nitrogens is 1. The molecule has 0 saturated heterocycles. The lowest BCUT2D eigenvalue weighted by molar-refractivity contribution is 0.0697. The second kappa shape index (κ2) is 6.19. The minimum Gasteiger partial charge on any atom is -0.478 e. The van der Waals surface area contributed by atoms with Crippen molar-refractivity contribution in [2.75, 3.05) is 5.32 Å². The number of benzene rings is 1. The molecule has 1 unspecified atom stereocenters. The van der Waals surface area contributed by atoms with Crippen molar-refractivity contribution in [3.8, 4) is 0 Å². The number of carboxylic acids is 1. The first-order valence-corrected chi connectivity index (χ1v) is 6.56. The van der Waals surface area contributed by atoms with Gasteiger partial charge in [0.05, 0.1) is 5.69 Å². The summed E-state index contributed by atoms with van der Waals surface area (Å²) in [5, 5.41) is 12.4. The molecule has 104 valence electrons. The molecule has 2 aromatic rings. The standard InChI is InChI=1S/C16H18N2O2/c1-11-9-15(14(10-17-11)16(19)20)18-12(2)8-13-6-4-3-5-7-13/h3-7,9-10,12H,8H2,1-2H3,(H,17,18)(H,19,20). The van der Waals surface area contributed by atoms with Gasteiger partial charge < -0.3 is 10.4 Å². The summed E-state index contributed by atoms with van der Waals surface area (Å²) in [5.74, 6) is -0.966. The van der Waals surface area contributed by atoms with Crippen molar-refractivity contribution in [1.29, 1.82) is 0 Å². The van der Waals surface area contributed by atoms with Crippen LogP contribution in [0.1, 0.15) is 28.5 Å². The molecule has 0 saturated carbocycles. The molecule has 1 heterocycles. The second-order valence-electron chi connectivity index (χ2n) is 4.91. The van der Waals surface area contributed by atoms with Gasteiger partial charge in [-0.05, 0) is 31.9 Å². The molecule has 4 heteroatoms. The molecule has 0 spiro atoms. The number of aromatic carboxylic acids is 1. The third-order valence-corrected chi connectivity index (χ3v) is 3.06. The first kappa shape index (κ1) is 14.1. The molecule has 1 aromatic heterocycles. The number of pyridine rings is 1. The van der Waals surface area contributed by atoms with E-state index in [-0.39, 0.29) is 11.6 Å². The fourth-order valence-corrected chi connectivity index (χ4v) is 2.13. The van der Waals surface area contributed by atoms with Crippen molar-refractivity contribution in [2.45, 2.75) is 26.3 Å². The summed E-state index contributed by atoms with van der Waals surface area (Å²) in [6.45, 7) is 3.88. The van der Waals surface area contributed by atoms with Crippen LogP contribution < -0.4 is 5.32 Å². The van der Waals surface area contributed by atoms with Crippen LogP contribution in [0, 0.1) is 6.92 Å². The molecule has 0 aliphatic carbocycles. The largest absolute Gasteiger partial charge is 0.478 e. The van der Waals surface area contributed by atoms with Gasteiger partial charge in [-0.2, -0.15) is 0 Å². The molecule has 0 aliphatic heterocycles. The smallest absolute Gasteiger partial charge is 0.339 e. The number of rotatable bonds is 5. The molecular weight excluding hydrogens is 252 g/mol. The zero-order valence-corrected chi connectivity index (χ0v) is 11.6. The van der Waals surface area contributed by atoms with Gasteiger partial charge >= 0.3 is 5.97 Å². The highest BCUT2D eigenvalue weighted by atomic mass is 16.4. The number of nitrogens with one attached hydrogen (secondary N) is 1. The Balaban J connectivity index is 2.13. The first-order chi connectivity index (χ1) is 9.56. The maximum atomic E-state index is 11.2. The Morgan fingerprint density at radius 1 is 1.35 bits per heavy atom. The quantitative estimate of drug-likeness (QED) is 0.876. The van der Waals surface area contributed by atoms with E-state index in [0.717, 1.165) is 12.1 Å². The topological polar surface area (TPSA) is 62.2 Å². The van der Waals surface area contributed by atoms with Crippen molar-refractivity contribution < 1.29 is 9.90 Å². The van der Waals surface area contributed by atoms with Crippen LogP contribution in [-0.4, -0.2) is 22.1 Å². The molecule has 0 bridgehead atoms. The zero-order chi connectivity index (χ0) is 14.5. The van der Waals surface area contributed by atoms with E-state index >= 15 is 0 Å². The van der Waals surface area contributed by atoms with Crippen molar-refractivity contribution >= 4 is 11.7 Å². The fraction of sp³-hybridized carbons (Fsp3) is 0.250. The molecule has 0 aliphatic rings. The summed E-state index contributed by atoms with van der Waals surface area (Å²) in [7, 11) is 0. The number of hydrogen-bond acceptors (Lipinski definition) is 3. The normalized spacial score (nSPS) is 11.9. The highest BCUT2D eigenvalue weighted by Crippen LogP contribution is 2.18. The fourth-order valence-electron chi connectivity index (χ4n) is 2.13. The molecule has 20 heavy (non-hydrogen) atoms. The monoisotopic (exact) mass is 270 g/mol. The highest BCUT2D eigenvalue weighted by molar-refractivity contribution is 5.93. The summed E-state index contributed by atoms with van der Waals surface area (Å²) in [6.07, 6.45) is 2.23. The van der Waals surface area contributed by atoms with E-state index in [0.29, 0.717) is 5.69 Å². The Kier molecular flexibility index (Phi) is 4.35. The van der Waals surface area contributed by atoms with Gasteiger partial charge in [-0.3, -0.25) is 4.98 Å². The van der Waals surface area contributed by atoms with Gasteiger partial charge in [0.2, 0.25) is 0 Å². The van der Waals surface area contributed by atoms with Gasteiger partial charge in [-0.1, -0.05) is 30.3 Å². The number of carbonyl (C=O) groups is 1. The van der Waals surface area contributed by atoms with E-state index in [1.54, 1.807) is 6.07 Å². The van der Waals surface area contributed by atoms with Crippen LogP contribution in [-0.2, 0) is 6.42 Å². The molecule has 2 N–H and O–H groups in total.